The fraction of sp³-hybridized carbons (Fsp3) is 0.100. The molecule has 7 heteroatoms. The number of carbonyl (C=O) groups excluding carboxylic acids is 1. The van der Waals surface area contributed by atoms with Gasteiger partial charge in [-0.3, -0.25) is 9.78 Å². The summed E-state index contributed by atoms with van der Waals surface area (Å²) in [7, 11) is 3.10. The first-order valence-electron chi connectivity index (χ1n) is 8.10. The van der Waals surface area contributed by atoms with Crippen LogP contribution in [-0.4, -0.2) is 25.1 Å². The van der Waals surface area contributed by atoms with E-state index in [9.17, 15) is 4.79 Å². The highest BCUT2D eigenvalue weighted by Gasteiger charge is 2.10. The smallest absolute Gasteiger partial charge is 0.257 e. The SMILES string of the molecule is COc1ccc(NC(=O)c2cncc(Nc3cccc(Cl)c3)c2)cc1OC. The van der Waals surface area contributed by atoms with Crippen LogP contribution < -0.4 is 20.1 Å². The van der Waals surface area contributed by atoms with Crippen molar-refractivity contribution in [3.63, 3.8) is 0 Å². The van der Waals surface area contributed by atoms with Crippen LogP contribution in [0.5, 0.6) is 11.5 Å². The van der Waals surface area contributed by atoms with Crippen LogP contribution in [0.25, 0.3) is 0 Å². The number of anilines is 3. The van der Waals surface area contributed by atoms with Crippen LogP contribution in [0.15, 0.2) is 60.9 Å². The Kier molecular flexibility index (Phi) is 5.78. The summed E-state index contributed by atoms with van der Waals surface area (Å²) in [6, 6.07) is 14.2. The molecule has 1 aromatic heterocycles. The van der Waals surface area contributed by atoms with Gasteiger partial charge in [-0.15, -0.1) is 0 Å². The lowest BCUT2D eigenvalue weighted by molar-refractivity contribution is 0.102. The van der Waals surface area contributed by atoms with E-state index in [1.807, 2.05) is 12.1 Å². The number of hydrogen-bond donors (Lipinski definition) is 2. The van der Waals surface area contributed by atoms with Crippen LogP contribution in [0.2, 0.25) is 5.02 Å². The molecule has 27 heavy (non-hydrogen) atoms. The molecule has 0 atom stereocenters. The van der Waals surface area contributed by atoms with Crippen molar-refractivity contribution in [1.82, 2.24) is 4.98 Å². The third kappa shape index (κ3) is 4.68. The number of carbonyl (C=O) groups is 1. The Balaban J connectivity index is 1.75. The maximum Gasteiger partial charge on any atom is 0.257 e. The van der Waals surface area contributed by atoms with Gasteiger partial charge < -0.3 is 20.1 Å². The van der Waals surface area contributed by atoms with Gasteiger partial charge in [0.2, 0.25) is 0 Å². The normalized spacial score (nSPS) is 10.2. The highest BCUT2D eigenvalue weighted by molar-refractivity contribution is 6.30. The molecule has 0 aliphatic rings. The number of methoxy groups -OCH3 is 2. The van der Waals surface area contributed by atoms with Gasteiger partial charge in [0.25, 0.3) is 5.91 Å². The molecule has 3 rings (SSSR count). The second kappa shape index (κ2) is 8.42. The number of amides is 1. The molecule has 0 unspecified atom stereocenters. The second-order valence-electron chi connectivity index (χ2n) is 5.62. The molecule has 138 valence electrons. The molecular formula is C20H18ClN3O3. The van der Waals surface area contributed by atoms with Gasteiger partial charge in [-0.25, -0.2) is 0 Å². The molecule has 0 fully saturated rings. The zero-order valence-corrected chi connectivity index (χ0v) is 15.6. The minimum Gasteiger partial charge on any atom is -0.493 e. The number of rotatable bonds is 6. The lowest BCUT2D eigenvalue weighted by Gasteiger charge is -2.11. The molecule has 1 amide bonds. The Morgan fingerprint density at radius 3 is 2.48 bits per heavy atom. The summed E-state index contributed by atoms with van der Waals surface area (Å²) < 4.78 is 10.4. The van der Waals surface area contributed by atoms with Gasteiger partial charge in [-0.1, -0.05) is 17.7 Å². The van der Waals surface area contributed by atoms with E-state index in [1.165, 1.54) is 6.20 Å². The van der Waals surface area contributed by atoms with Crippen LogP contribution in [0.1, 0.15) is 10.4 Å². The molecule has 0 bridgehead atoms. The highest BCUT2D eigenvalue weighted by Crippen LogP contribution is 2.30. The van der Waals surface area contributed by atoms with Crippen molar-refractivity contribution in [2.75, 3.05) is 24.9 Å². The molecule has 0 aliphatic carbocycles. The summed E-state index contributed by atoms with van der Waals surface area (Å²) in [6.07, 6.45) is 3.13. The lowest BCUT2D eigenvalue weighted by atomic mass is 10.2. The monoisotopic (exact) mass is 383 g/mol. The predicted molar refractivity (Wildman–Crippen MR) is 106 cm³/mol. The minimum atomic E-state index is -0.288. The van der Waals surface area contributed by atoms with Crippen molar-refractivity contribution < 1.29 is 14.3 Å². The van der Waals surface area contributed by atoms with Crippen LogP contribution in [-0.2, 0) is 0 Å². The fourth-order valence-electron chi connectivity index (χ4n) is 2.48. The van der Waals surface area contributed by atoms with Gasteiger partial charge in [0.1, 0.15) is 0 Å². The minimum absolute atomic E-state index is 0.288. The summed E-state index contributed by atoms with van der Waals surface area (Å²) in [5, 5.41) is 6.62. The van der Waals surface area contributed by atoms with Gasteiger partial charge in [-0.2, -0.15) is 0 Å². The first kappa shape index (κ1) is 18.5. The quantitative estimate of drug-likeness (QED) is 0.642. The molecule has 1 heterocycles. The van der Waals surface area contributed by atoms with Crippen molar-refractivity contribution in [1.29, 1.82) is 0 Å². The van der Waals surface area contributed by atoms with Crippen LogP contribution in [0.4, 0.5) is 17.1 Å². The second-order valence-corrected chi connectivity index (χ2v) is 6.06. The predicted octanol–water partition coefficient (Wildman–Crippen LogP) is 4.75. The molecule has 0 saturated carbocycles. The van der Waals surface area contributed by atoms with E-state index < -0.39 is 0 Å². The summed E-state index contributed by atoms with van der Waals surface area (Å²) in [5.41, 5.74) is 2.49. The largest absolute Gasteiger partial charge is 0.493 e. The van der Waals surface area contributed by atoms with Gasteiger partial charge in [0.15, 0.2) is 11.5 Å². The Morgan fingerprint density at radius 1 is 0.926 bits per heavy atom. The van der Waals surface area contributed by atoms with Gasteiger partial charge in [0.05, 0.1) is 31.7 Å². The van der Waals surface area contributed by atoms with Crippen LogP contribution >= 0.6 is 11.6 Å². The number of aromatic nitrogens is 1. The molecule has 0 aliphatic heterocycles. The molecule has 0 spiro atoms. The number of nitrogens with zero attached hydrogens (tertiary/aromatic N) is 1. The standard InChI is InChI=1S/C20H18ClN3O3/c1-26-18-7-6-16(10-19(18)27-2)24-20(25)13-8-17(12-22-11-13)23-15-5-3-4-14(21)9-15/h3-12,23H,1-2H3,(H,24,25). The third-order valence-corrected chi connectivity index (χ3v) is 3.99. The summed E-state index contributed by atoms with van der Waals surface area (Å²) in [5.74, 6) is 0.833. The molecular weight excluding hydrogens is 366 g/mol. The van der Waals surface area contributed by atoms with Crippen molar-refractivity contribution in [2.45, 2.75) is 0 Å². The van der Waals surface area contributed by atoms with Crippen molar-refractivity contribution >= 4 is 34.6 Å². The van der Waals surface area contributed by atoms with E-state index in [-0.39, 0.29) is 5.91 Å². The fourth-order valence-corrected chi connectivity index (χ4v) is 2.67. The molecule has 2 N–H and O–H groups in total. The summed E-state index contributed by atoms with van der Waals surface area (Å²) in [4.78, 5) is 16.7. The Labute approximate surface area is 162 Å². The molecule has 2 aromatic carbocycles. The number of hydrogen-bond acceptors (Lipinski definition) is 5. The third-order valence-electron chi connectivity index (χ3n) is 3.76. The average Bonchev–Trinajstić information content (AvgIpc) is 2.68. The molecule has 6 nitrogen and oxygen atoms in total. The van der Waals surface area contributed by atoms with Crippen molar-refractivity contribution in [2.24, 2.45) is 0 Å². The van der Waals surface area contributed by atoms with E-state index in [0.717, 1.165) is 5.69 Å². The van der Waals surface area contributed by atoms with E-state index in [2.05, 4.69) is 15.6 Å². The number of pyridine rings is 1. The maximum atomic E-state index is 12.6. The van der Waals surface area contributed by atoms with Crippen LogP contribution in [0.3, 0.4) is 0 Å². The molecule has 0 saturated heterocycles. The molecule has 0 radical (unpaired) electrons. The summed E-state index contributed by atoms with van der Waals surface area (Å²) in [6.45, 7) is 0. The van der Waals surface area contributed by atoms with Gasteiger partial charge in [0, 0.05) is 28.7 Å². The first-order valence-corrected chi connectivity index (χ1v) is 8.48. The average molecular weight is 384 g/mol. The topological polar surface area (TPSA) is 72.5 Å². The zero-order chi connectivity index (χ0) is 19.2. The van der Waals surface area contributed by atoms with Crippen molar-refractivity contribution in [3.05, 3.63) is 71.5 Å². The van der Waals surface area contributed by atoms with Gasteiger partial charge in [-0.05, 0) is 36.4 Å². The van der Waals surface area contributed by atoms with E-state index in [4.69, 9.17) is 21.1 Å². The Bertz CT molecular complexity index is 963. The number of benzene rings is 2. The van der Waals surface area contributed by atoms with Crippen LogP contribution in [0, 0.1) is 0 Å². The van der Waals surface area contributed by atoms with E-state index >= 15 is 0 Å². The Morgan fingerprint density at radius 2 is 1.74 bits per heavy atom. The number of nitrogens with one attached hydrogen (secondary N) is 2. The first-order chi connectivity index (χ1) is 13.1. The molecule has 3 aromatic rings. The summed E-state index contributed by atoms with van der Waals surface area (Å²) >= 11 is 5.99. The zero-order valence-electron chi connectivity index (χ0n) is 14.8. The Hall–Kier alpha value is -3.25. The van der Waals surface area contributed by atoms with Gasteiger partial charge >= 0.3 is 0 Å². The highest BCUT2D eigenvalue weighted by atomic mass is 35.5. The van der Waals surface area contributed by atoms with E-state index in [1.54, 1.807) is 56.8 Å². The lowest BCUT2D eigenvalue weighted by Crippen LogP contribution is -2.12. The number of ether oxygens (including phenoxy) is 2. The van der Waals surface area contributed by atoms with Crippen molar-refractivity contribution in [3.8, 4) is 11.5 Å². The maximum absolute atomic E-state index is 12.6. The number of halogens is 1. The van der Waals surface area contributed by atoms with E-state index in [0.29, 0.717) is 33.5 Å².